The Labute approximate surface area is 133 Å². The Morgan fingerprint density at radius 1 is 0.667 bits per heavy atom. The van der Waals surface area contributed by atoms with Crippen LogP contribution >= 0.6 is 12.4 Å². The molecule has 0 radical (unpaired) electrons. The normalized spacial score (nSPS) is 15.0. The molecule has 0 heterocycles. The first kappa shape index (κ1) is 22.7. The molecule has 13 heteroatoms. The van der Waals surface area contributed by atoms with Crippen LogP contribution in [0.25, 0.3) is 0 Å². The zero-order chi connectivity index (χ0) is 18.4. The van der Waals surface area contributed by atoms with Crippen molar-refractivity contribution in [2.24, 2.45) is 5.73 Å². The lowest BCUT2D eigenvalue weighted by Crippen LogP contribution is -2.46. The van der Waals surface area contributed by atoms with Crippen molar-refractivity contribution in [2.45, 2.75) is 30.5 Å². The Balaban J connectivity index is 0.00000529. The predicted octanol–water partition coefficient (Wildman–Crippen LogP) is 5.34. The van der Waals surface area contributed by atoms with E-state index >= 15 is 0 Å². The van der Waals surface area contributed by atoms with Gasteiger partial charge >= 0.3 is 24.5 Å². The van der Waals surface area contributed by atoms with Crippen molar-refractivity contribution < 1.29 is 48.3 Å². The molecule has 1 nitrogen and oxygen atoms in total. The second kappa shape index (κ2) is 6.54. The lowest BCUT2D eigenvalue weighted by molar-refractivity contribution is -0.291. The summed E-state index contributed by atoms with van der Waals surface area (Å²) in [5.74, 6) is -5.72. The van der Waals surface area contributed by atoms with Gasteiger partial charge in [-0.1, -0.05) is 0 Å². The summed E-state index contributed by atoms with van der Waals surface area (Å²) in [6, 6.07) is -4.41. The Hall–Kier alpha value is -1.30. The second-order valence-corrected chi connectivity index (χ2v) is 4.44. The molecule has 0 fully saturated rings. The van der Waals surface area contributed by atoms with Crippen LogP contribution in [0.1, 0.15) is 22.7 Å². The fourth-order valence-corrected chi connectivity index (χ4v) is 1.54. The molecule has 1 aromatic carbocycles. The Morgan fingerprint density at radius 3 is 1.25 bits per heavy atom. The van der Waals surface area contributed by atoms with E-state index in [1.807, 2.05) is 0 Å². The van der Waals surface area contributed by atoms with Crippen molar-refractivity contribution in [1.82, 2.24) is 0 Å². The molecule has 0 spiro atoms. The van der Waals surface area contributed by atoms with E-state index in [9.17, 15) is 48.3 Å². The molecule has 140 valence electrons. The first-order valence-corrected chi connectivity index (χ1v) is 5.47. The third-order valence-corrected chi connectivity index (χ3v) is 2.74. The minimum atomic E-state index is -6.25. The average molecular weight is 398 g/mol. The highest BCUT2D eigenvalue weighted by Crippen LogP contribution is 2.45. The first-order chi connectivity index (χ1) is 9.98. The van der Waals surface area contributed by atoms with Gasteiger partial charge in [-0.2, -0.15) is 48.3 Å². The van der Waals surface area contributed by atoms with Crippen LogP contribution in [0.2, 0.25) is 0 Å². The monoisotopic (exact) mass is 397 g/mol. The molecule has 0 aliphatic rings. The molecule has 1 aromatic rings. The van der Waals surface area contributed by atoms with Gasteiger partial charge in [-0.25, -0.2) is 0 Å². The SMILES string of the molecule is Cl.N[C@H](c1cc(C(F)(F)F)cc(C(F)(F)F)c1)C(F)(F)C(F)(F)F. The van der Waals surface area contributed by atoms with E-state index in [4.69, 9.17) is 0 Å². The van der Waals surface area contributed by atoms with Gasteiger partial charge in [0, 0.05) is 0 Å². The molecule has 0 amide bonds. The van der Waals surface area contributed by atoms with E-state index in [1.54, 1.807) is 0 Å². The zero-order valence-electron chi connectivity index (χ0n) is 11.0. The van der Waals surface area contributed by atoms with Crippen LogP contribution in [0.5, 0.6) is 0 Å². The lowest BCUT2D eigenvalue weighted by Gasteiger charge is -2.27. The van der Waals surface area contributed by atoms with Crippen molar-refractivity contribution in [3.63, 3.8) is 0 Å². The summed E-state index contributed by atoms with van der Waals surface area (Å²) < 4.78 is 138. The summed E-state index contributed by atoms with van der Waals surface area (Å²) in [5.41, 5.74) is -1.16. The highest BCUT2D eigenvalue weighted by molar-refractivity contribution is 5.85. The second-order valence-electron chi connectivity index (χ2n) is 4.44. The number of halogens is 12. The van der Waals surface area contributed by atoms with Crippen molar-refractivity contribution in [2.75, 3.05) is 0 Å². The van der Waals surface area contributed by atoms with Gasteiger partial charge in [-0.3, -0.25) is 0 Å². The molecular weight excluding hydrogens is 391 g/mol. The van der Waals surface area contributed by atoms with E-state index in [2.05, 4.69) is 5.73 Å². The van der Waals surface area contributed by atoms with Gasteiger partial charge in [-0.05, 0) is 23.8 Å². The largest absolute Gasteiger partial charge is 0.455 e. The standard InChI is InChI=1S/C11H6F11N.ClH/c12-8(13,11(20,21)22)7(23)4-1-5(9(14,15)16)3-6(2-4)10(17,18)19;/h1-3,7H,23H2;1H/t7-;/m1./s1. The fourth-order valence-electron chi connectivity index (χ4n) is 1.54. The van der Waals surface area contributed by atoms with Crippen LogP contribution < -0.4 is 5.73 Å². The van der Waals surface area contributed by atoms with E-state index in [1.165, 1.54) is 0 Å². The molecular formula is C11H7ClF11N. The van der Waals surface area contributed by atoms with Gasteiger partial charge in [0.15, 0.2) is 0 Å². The number of benzene rings is 1. The molecule has 0 aliphatic heterocycles. The summed E-state index contributed by atoms with van der Waals surface area (Å²) in [6.07, 6.45) is -17.1. The fraction of sp³-hybridized carbons (Fsp3) is 0.455. The molecule has 0 bridgehead atoms. The number of hydrogen-bond donors (Lipinski definition) is 1. The van der Waals surface area contributed by atoms with Crippen LogP contribution in [-0.4, -0.2) is 12.1 Å². The maximum atomic E-state index is 13.1. The first-order valence-electron chi connectivity index (χ1n) is 5.47. The maximum absolute atomic E-state index is 13.1. The number of nitrogens with two attached hydrogens (primary N) is 1. The van der Waals surface area contributed by atoms with Gasteiger partial charge in [0.05, 0.1) is 11.1 Å². The molecule has 0 saturated heterocycles. The Morgan fingerprint density at radius 2 is 1.00 bits per heavy atom. The van der Waals surface area contributed by atoms with Gasteiger partial charge in [-0.15, -0.1) is 12.4 Å². The van der Waals surface area contributed by atoms with Crippen LogP contribution in [0, 0.1) is 0 Å². The highest BCUT2D eigenvalue weighted by atomic mass is 35.5. The predicted molar refractivity (Wildman–Crippen MR) is 61.6 cm³/mol. The van der Waals surface area contributed by atoms with Crippen molar-refractivity contribution in [1.29, 1.82) is 0 Å². The van der Waals surface area contributed by atoms with E-state index in [0.717, 1.165) is 0 Å². The van der Waals surface area contributed by atoms with E-state index in [0.29, 0.717) is 0 Å². The summed E-state index contributed by atoms with van der Waals surface area (Å²) >= 11 is 0. The topological polar surface area (TPSA) is 26.0 Å². The van der Waals surface area contributed by atoms with Crippen LogP contribution in [0.3, 0.4) is 0 Å². The van der Waals surface area contributed by atoms with Crippen molar-refractivity contribution >= 4 is 12.4 Å². The van der Waals surface area contributed by atoms with Gasteiger partial charge in [0.2, 0.25) is 0 Å². The van der Waals surface area contributed by atoms with Crippen LogP contribution in [-0.2, 0) is 12.4 Å². The minimum absolute atomic E-state index is 0. The minimum Gasteiger partial charge on any atom is -0.319 e. The molecule has 0 saturated carbocycles. The summed E-state index contributed by atoms with van der Waals surface area (Å²) in [4.78, 5) is 0. The van der Waals surface area contributed by atoms with E-state index in [-0.39, 0.29) is 24.5 Å². The number of alkyl halides is 11. The third kappa shape index (κ3) is 4.62. The van der Waals surface area contributed by atoms with Gasteiger partial charge in [0.1, 0.15) is 6.04 Å². The molecule has 24 heavy (non-hydrogen) atoms. The summed E-state index contributed by atoms with van der Waals surface area (Å²) in [7, 11) is 0. The van der Waals surface area contributed by atoms with Crippen molar-refractivity contribution in [3.8, 4) is 0 Å². The third-order valence-electron chi connectivity index (χ3n) is 2.74. The molecule has 1 rings (SSSR count). The summed E-state index contributed by atoms with van der Waals surface area (Å²) in [6.45, 7) is 0. The summed E-state index contributed by atoms with van der Waals surface area (Å²) in [5, 5.41) is 0. The van der Waals surface area contributed by atoms with Gasteiger partial charge < -0.3 is 5.73 Å². The highest BCUT2D eigenvalue weighted by Gasteiger charge is 2.62. The Bertz CT molecular complexity index is 541. The maximum Gasteiger partial charge on any atom is 0.455 e. The lowest BCUT2D eigenvalue weighted by atomic mass is 9.96. The zero-order valence-corrected chi connectivity index (χ0v) is 11.8. The smallest absolute Gasteiger partial charge is 0.319 e. The average Bonchev–Trinajstić information content (AvgIpc) is 2.33. The quantitative estimate of drug-likeness (QED) is 0.670. The number of rotatable bonds is 2. The molecule has 2 N–H and O–H groups in total. The molecule has 1 atom stereocenters. The number of hydrogen-bond acceptors (Lipinski definition) is 1. The van der Waals surface area contributed by atoms with Crippen molar-refractivity contribution in [3.05, 3.63) is 34.9 Å². The van der Waals surface area contributed by atoms with E-state index < -0.39 is 53.2 Å². The molecule has 0 unspecified atom stereocenters. The Kier molecular flexibility index (Phi) is 6.19. The molecule has 0 aliphatic carbocycles. The molecule has 0 aromatic heterocycles. The van der Waals surface area contributed by atoms with Crippen LogP contribution in [0.15, 0.2) is 18.2 Å². The van der Waals surface area contributed by atoms with Gasteiger partial charge in [0.25, 0.3) is 0 Å². The van der Waals surface area contributed by atoms with Crippen LogP contribution in [0.4, 0.5) is 48.3 Å².